The number of hydrogen-bond donors (Lipinski definition) is 1. The molecule has 0 saturated heterocycles. The number of methoxy groups -OCH3 is 1. The van der Waals surface area contributed by atoms with Crippen molar-refractivity contribution >= 4 is 26.0 Å². The molecule has 0 saturated carbocycles. The maximum Gasteiger partial charge on any atom is 0.244 e. The van der Waals surface area contributed by atoms with Gasteiger partial charge in [-0.2, -0.15) is 0 Å². The van der Waals surface area contributed by atoms with Gasteiger partial charge in [-0.15, -0.1) is 0 Å². The highest BCUT2D eigenvalue weighted by Gasteiger charge is 2.19. The molecule has 0 bridgehead atoms. The molecule has 112 valence electrons. The van der Waals surface area contributed by atoms with E-state index in [4.69, 9.17) is 4.74 Å². The van der Waals surface area contributed by atoms with E-state index in [0.717, 1.165) is 11.1 Å². The number of halogens is 1. The maximum atomic E-state index is 12.4. The number of aryl methyl sites for hydroxylation is 1. The standard InChI is InChI=1S/C15H16BrNO3S/c1-11-3-5-12(6-4-11)10-17-21(18,19)15-9-13(16)7-8-14(15)20-2/h3-9,17H,10H2,1-2H3. The van der Waals surface area contributed by atoms with Gasteiger partial charge in [0.05, 0.1) is 7.11 Å². The SMILES string of the molecule is COc1ccc(Br)cc1S(=O)(=O)NCc1ccc(C)cc1. The van der Waals surface area contributed by atoms with E-state index in [-0.39, 0.29) is 11.4 Å². The molecule has 0 aliphatic rings. The second-order valence-electron chi connectivity index (χ2n) is 4.61. The Labute approximate surface area is 133 Å². The Kier molecular flexibility index (Phi) is 5.03. The highest BCUT2D eigenvalue weighted by molar-refractivity contribution is 9.10. The van der Waals surface area contributed by atoms with Gasteiger partial charge in [-0.25, -0.2) is 13.1 Å². The molecule has 0 spiro atoms. The molecule has 4 nitrogen and oxygen atoms in total. The minimum atomic E-state index is -3.64. The van der Waals surface area contributed by atoms with Gasteiger partial charge in [0.25, 0.3) is 0 Å². The third-order valence-corrected chi connectivity index (χ3v) is 4.92. The summed E-state index contributed by atoms with van der Waals surface area (Å²) in [6.07, 6.45) is 0. The quantitative estimate of drug-likeness (QED) is 0.879. The van der Waals surface area contributed by atoms with Crippen LogP contribution in [-0.2, 0) is 16.6 Å². The number of ether oxygens (including phenoxy) is 1. The van der Waals surface area contributed by atoms with Crippen molar-refractivity contribution in [1.29, 1.82) is 0 Å². The largest absolute Gasteiger partial charge is 0.495 e. The van der Waals surface area contributed by atoms with Crippen molar-refractivity contribution in [1.82, 2.24) is 4.72 Å². The average molecular weight is 370 g/mol. The van der Waals surface area contributed by atoms with E-state index < -0.39 is 10.0 Å². The van der Waals surface area contributed by atoms with Gasteiger partial charge < -0.3 is 4.74 Å². The average Bonchev–Trinajstić information content (AvgIpc) is 2.47. The lowest BCUT2D eigenvalue weighted by Gasteiger charge is -2.11. The van der Waals surface area contributed by atoms with E-state index in [9.17, 15) is 8.42 Å². The summed E-state index contributed by atoms with van der Waals surface area (Å²) in [5, 5.41) is 0. The van der Waals surface area contributed by atoms with Gasteiger partial charge in [-0.05, 0) is 30.7 Å². The van der Waals surface area contributed by atoms with Crippen molar-refractivity contribution in [2.45, 2.75) is 18.4 Å². The second-order valence-corrected chi connectivity index (χ2v) is 7.26. The molecule has 0 radical (unpaired) electrons. The lowest BCUT2D eigenvalue weighted by molar-refractivity contribution is 0.402. The summed E-state index contributed by atoms with van der Waals surface area (Å²) in [6.45, 7) is 2.22. The van der Waals surface area contributed by atoms with E-state index in [0.29, 0.717) is 10.2 Å². The van der Waals surface area contributed by atoms with Crippen LogP contribution < -0.4 is 9.46 Å². The number of rotatable bonds is 5. The van der Waals surface area contributed by atoms with Crippen molar-refractivity contribution in [2.24, 2.45) is 0 Å². The molecule has 0 aliphatic heterocycles. The minimum absolute atomic E-state index is 0.117. The zero-order valence-electron chi connectivity index (χ0n) is 11.8. The summed E-state index contributed by atoms with van der Waals surface area (Å²) in [5.41, 5.74) is 2.04. The first-order valence-corrected chi connectivity index (χ1v) is 8.59. The second kappa shape index (κ2) is 6.60. The first-order valence-electron chi connectivity index (χ1n) is 6.31. The Morgan fingerprint density at radius 3 is 2.43 bits per heavy atom. The molecule has 1 N–H and O–H groups in total. The molecule has 2 aromatic carbocycles. The normalized spacial score (nSPS) is 11.4. The smallest absolute Gasteiger partial charge is 0.244 e. The molecular weight excluding hydrogens is 354 g/mol. The number of hydrogen-bond acceptors (Lipinski definition) is 3. The van der Waals surface area contributed by atoms with Crippen LogP contribution in [0.2, 0.25) is 0 Å². The van der Waals surface area contributed by atoms with E-state index in [1.54, 1.807) is 12.1 Å². The summed E-state index contributed by atoms with van der Waals surface area (Å²) in [7, 11) is -2.19. The Balaban J connectivity index is 2.22. The molecular formula is C15H16BrNO3S. The van der Waals surface area contributed by atoms with Crippen molar-refractivity contribution in [3.05, 3.63) is 58.1 Å². The topological polar surface area (TPSA) is 55.4 Å². The number of benzene rings is 2. The fraction of sp³-hybridized carbons (Fsp3) is 0.200. The molecule has 0 aromatic heterocycles. The van der Waals surface area contributed by atoms with Gasteiger partial charge in [0, 0.05) is 11.0 Å². The molecule has 0 amide bonds. The predicted octanol–water partition coefficient (Wildman–Crippen LogP) is 3.24. The molecule has 0 unspecified atom stereocenters. The van der Waals surface area contributed by atoms with Gasteiger partial charge in [0.1, 0.15) is 10.6 Å². The molecule has 2 aromatic rings. The van der Waals surface area contributed by atoms with Crippen LogP contribution in [0.3, 0.4) is 0 Å². The Hall–Kier alpha value is -1.37. The third-order valence-electron chi connectivity index (χ3n) is 3.00. The van der Waals surface area contributed by atoms with E-state index >= 15 is 0 Å². The molecule has 0 atom stereocenters. The van der Waals surface area contributed by atoms with Crippen molar-refractivity contribution in [3.63, 3.8) is 0 Å². The number of nitrogens with one attached hydrogen (secondary N) is 1. The van der Waals surface area contributed by atoms with Crippen LogP contribution >= 0.6 is 15.9 Å². The van der Waals surface area contributed by atoms with Crippen LogP contribution in [0.4, 0.5) is 0 Å². The van der Waals surface area contributed by atoms with Crippen molar-refractivity contribution < 1.29 is 13.2 Å². The molecule has 21 heavy (non-hydrogen) atoms. The zero-order chi connectivity index (χ0) is 15.5. The monoisotopic (exact) mass is 369 g/mol. The molecule has 6 heteroatoms. The lowest BCUT2D eigenvalue weighted by Crippen LogP contribution is -2.23. The maximum absolute atomic E-state index is 12.4. The highest BCUT2D eigenvalue weighted by Crippen LogP contribution is 2.27. The fourth-order valence-corrected chi connectivity index (χ4v) is 3.55. The minimum Gasteiger partial charge on any atom is -0.495 e. The molecule has 0 fully saturated rings. The van der Waals surface area contributed by atoms with Gasteiger partial charge in [0.2, 0.25) is 10.0 Å². The zero-order valence-corrected chi connectivity index (χ0v) is 14.2. The summed E-state index contributed by atoms with van der Waals surface area (Å²) in [5.74, 6) is 0.314. The van der Waals surface area contributed by atoms with Crippen LogP contribution in [0.15, 0.2) is 51.8 Å². The van der Waals surface area contributed by atoms with Crippen LogP contribution in [0.25, 0.3) is 0 Å². The number of sulfonamides is 1. The first kappa shape index (κ1) is 16.0. The Morgan fingerprint density at radius 1 is 1.14 bits per heavy atom. The van der Waals surface area contributed by atoms with E-state index in [2.05, 4.69) is 20.7 Å². The molecule has 0 aliphatic carbocycles. The van der Waals surface area contributed by atoms with Gasteiger partial charge in [0.15, 0.2) is 0 Å². The Morgan fingerprint density at radius 2 is 1.81 bits per heavy atom. The van der Waals surface area contributed by atoms with Gasteiger partial charge >= 0.3 is 0 Å². The van der Waals surface area contributed by atoms with E-state index in [1.807, 2.05) is 31.2 Å². The van der Waals surface area contributed by atoms with Crippen LogP contribution in [0.5, 0.6) is 5.75 Å². The molecule has 2 rings (SSSR count). The summed E-state index contributed by atoms with van der Waals surface area (Å²) in [6, 6.07) is 12.6. The van der Waals surface area contributed by atoms with Crippen LogP contribution in [0, 0.1) is 6.92 Å². The van der Waals surface area contributed by atoms with Gasteiger partial charge in [-0.1, -0.05) is 45.8 Å². The third kappa shape index (κ3) is 4.06. The van der Waals surface area contributed by atoms with Gasteiger partial charge in [-0.3, -0.25) is 0 Å². The fourth-order valence-electron chi connectivity index (χ4n) is 1.82. The molecule has 0 heterocycles. The highest BCUT2D eigenvalue weighted by atomic mass is 79.9. The summed E-state index contributed by atoms with van der Waals surface area (Å²) < 4.78 is 33.2. The van der Waals surface area contributed by atoms with Crippen molar-refractivity contribution in [3.8, 4) is 5.75 Å². The van der Waals surface area contributed by atoms with Crippen LogP contribution in [-0.4, -0.2) is 15.5 Å². The van der Waals surface area contributed by atoms with Crippen molar-refractivity contribution in [2.75, 3.05) is 7.11 Å². The lowest BCUT2D eigenvalue weighted by atomic mass is 10.2. The summed E-state index contributed by atoms with van der Waals surface area (Å²) >= 11 is 3.27. The van der Waals surface area contributed by atoms with E-state index in [1.165, 1.54) is 13.2 Å². The Bertz CT molecular complexity index is 727. The predicted molar refractivity (Wildman–Crippen MR) is 85.9 cm³/mol. The van der Waals surface area contributed by atoms with Crippen LogP contribution in [0.1, 0.15) is 11.1 Å². The first-order chi connectivity index (χ1) is 9.92. The summed E-state index contributed by atoms with van der Waals surface area (Å²) in [4.78, 5) is 0.117.